The number of epoxide rings is 1. The second kappa shape index (κ2) is 32.1. The summed E-state index contributed by atoms with van der Waals surface area (Å²) in [6.07, 6.45) is 37.6. The summed E-state index contributed by atoms with van der Waals surface area (Å²) in [4.78, 5) is 35.3. The van der Waals surface area contributed by atoms with Crippen molar-refractivity contribution in [3.05, 3.63) is 48.6 Å². The Balaban J connectivity index is 2.36. The van der Waals surface area contributed by atoms with Crippen molar-refractivity contribution in [3.63, 3.8) is 0 Å². The molecule has 4 unspecified atom stereocenters. The van der Waals surface area contributed by atoms with Gasteiger partial charge in [0.15, 0.2) is 6.10 Å². The van der Waals surface area contributed by atoms with E-state index in [9.17, 15) is 19.0 Å². The van der Waals surface area contributed by atoms with Gasteiger partial charge in [0, 0.05) is 12.8 Å². The number of carbonyl (C=O) groups excluding carboxylic acids is 2. The van der Waals surface area contributed by atoms with Crippen LogP contribution in [0.1, 0.15) is 149 Å². The van der Waals surface area contributed by atoms with E-state index < -0.39 is 26.5 Å². The van der Waals surface area contributed by atoms with Gasteiger partial charge in [0.25, 0.3) is 0 Å². The number of hydrogen-bond acceptors (Lipinski definition) is 8. The second-order valence-electron chi connectivity index (χ2n) is 15.4. The Labute approximate surface area is 329 Å². The molecule has 11 heteroatoms. The number of ether oxygens (including phenoxy) is 3. The van der Waals surface area contributed by atoms with Gasteiger partial charge in [-0.3, -0.25) is 18.6 Å². The normalized spacial score (nSPS) is 17.9. The fourth-order valence-corrected chi connectivity index (χ4v) is 6.36. The van der Waals surface area contributed by atoms with Crippen LogP contribution in [0.25, 0.3) is 0 Å². The van der Waals surface area contributed by atoms with E-state index in [4.69, 9.17) is 23.3 Å². The van der Waals surface area contributed by atoms with Crippen LogP contribution in [0.4, 0.5) is 0 Å². The molecule has 4 atom stereocenters. The maximum atomic E-state index is 12.7. The second-order valence-corrected chi connectivity index (χ2v) is 16.8. The molecule has 54 heavy (non-hydrogen) atoms. The molecule has 0 aromatic carbocycles. The van der Waals surface area contributed by atoms with Crippen molar-refractivity contribution in [2.45, 2.75) is 167 Å². The molecular weight excluding hydrogens is 705 g/mol. The summed E-state index contributed by atoms with van der Waals surface area (Å²) in [6.45, 7) is 4.21. The van der Waals surface area contributed by atoms with Crippen molar-refractivity contribution in [1.82, 2.24) is 0 Å². The molecule has 1 aliphatic rings. The van der Waals surface area contributed by atoms with E-state index >= 15 is 0 Å². The number of carbonyl (C=O) groups is 2. The molecule has 1 rings (SSSR count). The predicted molar refractivity (Wildman–Crippen MR) is 219 cm³/mol. The number of nitrogens with zero attached hydrogens (tertiary/aromatic N) is 1. The highest BCUT2D eigenvalue weighted by Gasteiger charge is 2.36. The van der Waals surface area contributed by atoms with Crippen molar-refractivity contribution < 1.29 is 46.8 Å². The SMILES string of the molecule is CC/C=C\C/C=C\C/C=C\CC1OC1C/C=C\CCCC(=O)OC(COC(=O)CCCCCCCCCCCCCC)COP(=O)(O)OCC[N+](C)(C)C. The molecule has 0 aromatic heterocycles. The molecule has 1 heterocycles. The Hall–Kier alpha value is -2.07. The first-order chi connectivity index (χ1) is 26.0. The smallest absolute Gasteiger partial charge is 0.462 e. The Kier molecular flexibility index (Phi) is 29.7. The minimum absolute atomic E-state index is 0.0172. The number of phosphoric ester groups is 1. The van der Waals surface area contributed by atoms with Gasteiger partial charge < -0.3 is 23.6 Å². The standard InChI is InChI=1S/C43H76NO9P/c1-6-8-10-12-14-16-17-18-20-22-24-29-33-42(45)49-37-39(38-51-54(47,48)50-36-35-44(3,4)5)52-43(46)34-30-26-25-28-32-41-40(53-41)31-27-23-21-19-15-13-11-9-7-2/h9,11,15,19,23,25,27-28,39-41H,6-8,10,12-14,16-18,20-22,24,26,29-38H2,1-5H3/p+1/b11-9-,19-15-,27-23-,28-25-. The fourth-order valence-electron chi connectivity index (χ4n) is 5.62. The van der Waals surface area contributed by atoms with Crippen LogP contribution in [-0.4, -0.2) is 87.1 Å². The lowest BCUT2D eigenvalue weighted by Gasteiger charge is -2.24. The number of quaternary nitrogens is 1. The third-order valence-electron chi connectivity index (χ3n) is 9.03. The zero-order chi connectivity index (χ0) is 39.8. The molecule has 312 valence electrons. The lowest BCUT2D eigenvalue weighted by atomic mass is 10.0. The molecule has 10 nitrogen and oxygen atoms in total. The molecule has 0 radical (unpaired) electrons. The molecule has 0 amide bonds. The summed E-state index contributed by atoms with van der Waals surface area (Å²) in [5.74, 6) is -0.877. The number of rotatable bonds is 36. The quantitative estimate of drug-likeness (QED) is 0.0165. The van der Waals surface area contributed by atoms with Crippen molar-refractivity contribution >= 4 is 19.8 Å². The Morgan fingerprint density at radius 3 is 1.81 bits per heavy atom. The van der Waals surface area contributed by atoms with Crippen LogP contribution in [0, 0.1) is 0 Å². The third-order valence-corrected chi connectivity index (χ3v) is 10.0. The Morgan fingerprint density at radius 2 is 1.22 bits per heavy atom. The van der Waals surface area contributed by atoms with Crippen molar-refractivity contribution in [2.75, 3.05) is 47.5 Å². The van der Waals surface area contributed by atoms with Crippen LogP contribution in [0.5, 0.6) is 0 Å². The maximum absolute atomic E-state index is 12.7. The molecular formula is C43H77NO9P+. The monoisotopic (exact) mass is 783 g/mol. The highest BCUT2D eigenvalue weighted by molar-refractivity contribution is 7.47. The maximum Gasteiger partial charge on any atom is 0.472 e. The minimum Gasteiger partial charge on any atom is -0.462 e. The molecule has 0 bridgehead atoms. The first-order valence-electron chi connectivity index (χ1n) is 21.0. The molecule has 0 aliphatic carbocycles. The van der Waals surface area contributed by atoms with Crippen LogP contribution in [0.2, 0.25) is 0 Å². The van der Waals surface area contributed by atoms with Gasteiger partial charge in [0.05, 0.1) is 40.0 Å². The van der Waals surface area contributed by atoms with E-state index in [1.165, 1.54) is 57.8 Å². The average molecular weight is 783 g/mol. The molecule has 1 fully saturated rings. The van der Waals surface area contributed by atoms with Crippen molar-refractivity contribution in [3.8, 4) is 0 Å². The predicted octanol–water partition coefficient (Wildman–Crippen LogP) is 10.5. The number of likely N-dealkylation sites (N-methyl/N-ethyl adjacent to an activating group) is 1. The van der Waals surface area contributed by atoms with Crippen molar-refractivity contribution in [1.29, 1.82) is 0 Å². The molecule has 1 aliphatic heterocycles. The number of hydrogen-bond donors (Lipinski definition) is 1. The molecule has 0 aromatic rings. The van der Waals surface area contributed by atoms with Crippen LogP contribution >= 0.6 is 7.82 Å². The van der Waals surface area contributed by atoms with E-state index in [1.807, 2.05) is 27.2 Å². The van der Waals surface area contributed by atoms with E-state index in [-0.39, 0.29) is 44.2 Å². The van der Waals surface area contributed by atoms with Crippen LogP contribution in [-0.2, 0) is 37.4 Å². The number of unbranched alkanes of at least 4 members (excludes halogenated alkanes) is 12. The van der Waals surface area contributed by atoms with E-state index in [1.54, 1.807) is 0 Å². The summed E-state index contributed by atoms with van der Waals surface area (Å²) < 4.78 is 40.0. The number of esters is 2. The topological polar surface area (TPSA) is 121 Å². The average Bonchev–Trinajstić information content (AvgIpc) is 3.87. The van der Waals surface area contributed by atoms with E-state index in [0.29, 0.717) is 23.9 Å². The van der Waals surface area contributed by atoms with Crippen LogP contribution in [0.3, 0.4) is 0 Å². The zero-order valence-electron chi connectivity index (χ0n) is 34.6. The van der Waals surface area contributed by atoms with Gasteiger partial charge >= 0.3 is 19.8 Å². The van der Waals surface area contributed by atoms with Gasteiger partial charge in [-0.25, -0.2) is 4.57 Å². The molecule has 0 saturated carbocycles. The summed E-state index contributed by atoms with van der Waals surface area (Å²) in [5, 5.41) is 0. The van der Waals surface area contributed by atoms with E-state index in [0.717, 1.165) is 51.4 Å². The first-order valence-corrected chi connectivity index (χ1v) is 22.5. The van der Waals surface area contributed by atoms with Crippen LogP contribution < -0.4 is 0 Å². The van der Waals surface area contributed by atoms with Gasteiger partial charge in [0.2, 0.25) is 0 Å². The largest absolute Gasteiger partial charge is 0.472 e. The zero-order valence-corrected chi connectivity index (χ0v) is 35.5. The summed E-state index contributed by atoms with van der Waals surface area (Å²) in [5.41, 5.74) is 0. The summed E-state index contributed by atoms with van der Waals surface area (Å²) in [6, 6.07) is 0. The summed E-state index contributed by atoms with van der Waals surface area (Å²) in [7, 11) is 1.43. The summed E-state index contributed by atoms with van der Waals surface area (Å²) >= 11 is 0. The van der Waals surface area contributed by atoms with Gasteiger partial charge in [-0.2, -0.15) is 0 Å². The number of phosphoric acid groups is 1. The minimum atomic E-state index is -4.39. The highest BCUT2D eigenvalue weighted by Crippen LogP contribution is 2.43. The lowest BCUT2D eigenvalue weighted by Crippen LogP contribution is -2.37. The van der Waals surface area contributed by atoms with Crippen molar-refractivity contribution in [2.24, 2.45) is 0 Å². The Bertz CT molecular complexity index is 1130. The highest BCUT2D eigenvalue weighted by atomic mass is 31.2. The van der Waals surface area contributed by atoms with Gasteiger partial charge in [-0.05, 0) is 51.4 Å². The first kappa shape index (κ1) is 49.9. The molecule has 1 saturated heterocycles. The fraction of sp³-hybridized carbons (Fsp3) is 0.767. The van der Waals surface area contributed by atoms with E-state index in [2.05, 4.69) is 56.4 Å². The lowest BCUT2D eigenvalue weighted by molar-refractivity contribution is -0.870. The Morgan fingerprint density at radius 1 is 0.685 bits per heavy atom. The third kappa shape index (κ3) is 32.2. The molecule has 0 spiro atoms. The van der Waals surface area contributed by atoms with Gasteiger partial charge in [0.1, 0.15) is 19.8 Å². The van der Waals surface area contributed by atoms with Gasteiger partial charge in [-0.1, -0.05) is 133 Å². The molecule has 1 N–H and O–H groups in total. The van der Waals surface area contributed by atoms with Gasteiger partial charge in [-0.15, -0.1) is 0 Å². The number of allylic oxidation sites excluding steroid dienone is 6. The van der Waals surface area contributed by atoms with Crippen LogP contribution in [0.15, 0.2) is 48.6 Å².